The van der Waals surface area contributed by atoms with E-state index in [-0.39, 0.29) is 0 Å². The second-order valence-corrected chi connectivity index (χ2v) is 7.15. The van der Waals surface area contributed by atoms with E-state index in [1.165, 1.54) is 32.1 Å². The molecule has 0 spiro atoms. The van der Waals surface area contributed by atoms with E-state index in [1.54, 1.807) is 0 Å². The molecule has 1 aliphatic heterocycles. The molecule has 0 aromatic heterocycles. The Balaban J connectivity index is 2.42. The minimum absolute atomic E-state index is 0.394. The van der Waals surface area contributed by atoms with Crippen molar-refractivity contribution in [2.75, 3.05) is 13.2 Å². The van der Waals surface area contributed by atoms with E-state index < -0.39 is 36.8 Å². The van der Waals surface area contributed by atoms with Crippen LogP contribution in [-0.4, -0.2) is 63.8 Å². The fraction of sp³-hybridized carbons (Fsp3) is 1.00. The maximum atomic E-state index is 10.4. The zero-order valence-electron chi connectivity index (χ0n) is 15.9. The monoisotopic (exact) mass is 362 g/mol. The summed E-state index contributed by atoms with van der Waals surface area (Å²) in [5.41, 5.74) is 0. The Morgan fingerprint density at radius 3 is 2.00 bits per heavy atom. The fourth-order valence-corrected chi connectivity index (χ4v) is 3.44. The van der Waals surface area contributed by atoms with Crippen molar-refractivity contribution < 1.29 is 29.9 Å². The van der Waals surface area contributed by atoms with Crippen molar-refractivity contribution >= 4 is 0 Å². The highest BCUT2D eigenvalue weighted by Gasteiger charge is 2.53. The molecule has 1 rings (SSSR count). The van der Waals surface area contributed by atoms with E-state index in [2.05, 4.69) is 6.92 Å². The van der Waals surface area contributed by atoms with Crippen LogP contribution in [-0.2, 0) is 9.47 Å². The van der Waals surface area contributed by atoms with Crippen LogP contribution < -0.4 is 0 Å². The molecule has 5 atom stereocenters. The minimum atomic E-state index is -1.39. The van der Waals surface area contributed by atoms with Crippen LogP contribution in [0.4, 0.5) is 0 Å². The number of hydrogen-bond donors (Lipinski definition) is 4. The summed E-state index contributed by atoms with van der Waals surface area (Å²) in [7, 11) is 0. The molecular weight excluding hydrogens is 324 g/mol. The van der Waals surface area contributed by atoms with Gasteiger partial charge in [-0.15, -0.1) is 0 Å². The molecule has 0 bridgehead atoms. The zero-order chi connectivity index (χ0) is 18.7. The molecule has 1 aliphatic rings. The number of ether oxygens (including phenoxy) is 2. The lowest BCUT2D eigenvalue weighted by Gasteiger charge is -2.48. The van der Waals surface area contributed by atoms with Gasteiger partial charge in [0.25, 0.3) is 0 Å². The normalized spacial score (nSPS) is 32.9. The Morgan fingerprint density at radius 1 is 0.840 bits per heavy atom. The van der Waals surface area contributed by atoms with Crippen molar-refractivity contribution in [2.24, 2.45) is 0 Å². The molecule has 6 nitrogen and oxygen atoms in total. The van der Waals surface area contributed by atoms with Crippen LogP contribution in [0.2, 0.25) is 0 Å². The van der Waals surface area contributed by atoms with Gasteiger partial charge < -0.3 is 29.9 Å². The Kier molecular flexibility index (Phi) is 11.1. The lowest BCUT2D eigenvalue weighted by atomic mass is 9.90. The Bertz CT molecular complexity index is 338. The van der Waals surface area contributed by atoms with Crippen molar-refractivity contribution in [3.63, 3.8) is 0 Å². The van der Waals surface area contributed by atoms with Crippen molar-refractivity contribution in [3.05, 3.63) is 0 Å². The third-order valence-electron chi connectivity index (χ3n) is 4.98. The SMILES string of the molecule is CCCCCCCCCCOC1(CCC)O[C@H](CO)[C@@H](O)[C@H](O)[C@H]1O. The van der Waals surface area contributed by atoms with E-state index in [1.807, 2.05) is 6.92 Å². The largest absolute Gasteiger partial charge is 0.394 e. The molecule has 1 unspecified atom stereocenters. The van der Waals surface area contributed by atoms with Crippen molar-refractivity contribution in [1.82, 2.24) is 0 Å². The standard InChI is InChI=1S/C19H38O6/c1-3-5-6-7-8-9-10-11-13-24-19(12-4-2)18(23)17(22)16(21)15(14-20)25-19/h15-18,20-23H,3-14H2,1-2H3/t15-,16-,17+,18-,19?/m1/s1. The van der Waals surface area contributed by atoms with Crippen LogP contribution in [0.25, 0.3) is 0 Å². The van der Waals surface area contributed by atoms with E-state index in [9.17, 15) is 20.4 Å². The van der Waals surface area contributed by atoms with Gasteiger partial charge in [-0.3, -0.25) is 0 Å². The molecule has 6 heteroatoms. The van der Waals surface area contributed by atoms with Crippen LogP contribution in [0.3, 0.4) is 0 Å². The average molecular weight is 363 g/mol. The fourth-order valence-electron chi connectivity index (χ4n) is 3.44. The molecular formula is C19H38O6. The summed E-state index contributed by atoms with van der Waals surface area (Å²) in [4.78, 5) is 0. The number of aliphatic hydroxyl groups is 4. The van der Waals surface area contributed by atoms with Crippen LogP contribution in [0.15, 0.2) is 0 Å². The number of hydrogen-bond acceptors (Lipinski definition) is 6. The number of aliphatic hydroxyl groups excluding tert-OH is 4. The second kappa shape index (κ2) is 12.2. The summed E-state index contributed by atoms with van der Waals surface area (Å²) in [5, 5.41) is 39.7. The highest BCUT2D eigenvalue weighted by atomic mass is 16.7. The van der Waals surface area contributed by atoms with Gasteiger partial charge in [-0.2, -0.15) is 0 Å². The van der Waals surface area contributed by atoms with E-state index in [0.717, 1.165) is 19.3 Å². The summed E-state index contributed by atoms with van der Waals surface area (Å²) < 4.78 is 11.6. The molecule has 0 aliphatic carbocycles. The summed E-state index contributed by atoms with van der Waals surface area (Å²) in [6, 6.07) is 0. The highest BCUT2D eigenvalue weighted by molar-refractivity contribution is 4.96. The van der Waals surface area contributed by atoms with Gasteiger partial charge in [0.1, 0.15) is 24.4 Å². The van der Waals surface area contributed by atoms with Crippen LogP contribution in [0.1, 0.15) is 78.1 Å². The van der Waals surface area contributed by atoms with Gasteiger partial charge in [0, 0.05) is 6.42 Å². The van der Waals surface area contributed by atoms with Gasteiger partial charge in [0.15, 0.2) is 5.79 Å². The van der Waals surface area contributed by atoms with E-state index in [4.69, 9.17) is 9.47 Å². The topological polar surface area (TPSA) is 99.4 Å². The first-order valence-corrected chi connectivity index (χ1v) is 9.99. The molecule has 150 valence electrons. The van der Waals surface area contributed by atoms with Gasteiger partial charge in [-0.05, 0) is 6.42 Å². The molecule has 0 amide bonds. The predicted molar refractivity (Wildman–Crippen MR) is 96.2 cm³/mol. The first kappa shape index (κ1) is 22.8. The third-order valence-corrected chi connectivity index (χ3v) is 4.98. The first-order chi connectivity index (χ1) is 12.0. The van der Waals surface area contributed by atoms with Crippen molar-refractivity contribution in [2.45, 2.75) is 108 Å². The molecule has 0 aromatic carbocycles. The number of unbranched alkanes of at least 4 members (excludes halogenated alkanes) is 7. The maximum Gasteiger partial charge on any atom is 0.197 e. The van der Waals surface area contributed by atoms with Gasteiger partial charge >= 0.3 is 0 Å². The second-order valence-electron chi connectivity index (χ2n) is 7.15. The van der Waals surface area contributed by atoms with Gasteiger partial charge in [-0.1, -0.05) is 65.2 Å². The molecule has 0 radical (unpaired) electrons. The Hall–Kier alpha value is -0.240. The van der Waals surface area contributed by atoms with Crippen LogP contribution >= 0.6 is 0 Å². The molecule has 1 heterocycles. The van der Waals surface area contributed by atoms with Gasteiger partial charge in [-0.25, -0.2) is 0 Å². The highest BCUT2D eigenvalue weighted by Crippen LogP contribution is 2.35. The van der Waals surface area contributed by atoms with E-state index >= 15 is 0 Å². The third kappa shape index (κ3) is 6.77. The van der Waals surface area contributed by atoms with Crippen LogP contribution in [0, 0.1) is 0 Å². The summed E-state index contributed by atoms with van der Waals surface area (Å²) in [6.45, 7) is 4.13. The van der Waals surface area contributed by atoms with E-state index in [0.29, 0.717) is 19.4 Å². The molecule has 0 saturated carbocycles. The van der Waals surface area contributed by atoms with Gasteiger partial charge in [0.2, 0.25) is 0 Å². The molecule has 4 N–H and O–H groups in total. The summed E-state index contributed by atoms with van der Waals surface area (Å²) in [5.74, 6) is -1.36. The number of rotatable bonds is 13. The smallest absolute Gasteiger partial charge is 0.197 e. The van der Waals surface area contributed by atoms with Crippen LogP contribution in [0.5, 0.6) is 0 Å². The predicted octanol–water partition coefficient (Wildman–Crippen LogP) is 2.11. The first-order valence-electron chi connectivity index (χ1n) is 9.99. The summed E-state index contributed by atoms with van der Waals surface area (Å²) in [6.07, 6.45) is 5.53. The van der Waals surface area contributed by atoms with Crippen molar-refractivity contribution in [1.29, 1.82) is 0 Å². The minimum Gasteiger partial charge on any atom is -0.394 e. The van der Waals surface area contributed by atoms with Gasteiger partial charge in [0.05, 0.1) is 13.2 Å². The lowest BCUT2D eigenvalue weighted by molar-refractivity contribution is -0.366. The maximum absolute atomic E-state index is 10.4. The van der Waals surface area contributed by atoms with Crippen molar-refractivity contribution in [3.8, 4) is 0 Å². The molecule has 1 fully saturated rings. The zero-order valence-corrected chi connectivity index (χ0v) is 15.9. The Labute approximate surface area is 152 Å². The quantitative estimate of drug-likeness (QED) is 0.375. The molecule has 25 heavy (non-hydrogen) atoms. The molecule has 1 saturated heterocycles. The Morgan fingerprint density at radius 2 is 1.44 bits per heavy atom. The summed E-state index contributed by atoms with van der Waals surface area (Å²) >= 11 is 0. The molecule has 0 aromatic rings. The lowest BCUT2D eigenvalue weighted by Crippen LogP contribution is -2.66. The average Bonchev–Trinajstić information content (AvgIpc) is 2.61.